The molecule has 4 rings (SSSR count). The standard InChI is InChI=1S/C20H19FN6O3/c1-11(28)13-4-5-22-8-16(13)27(17-9-24-19-14(17)7-23-10-25-19)18(29)3-2-12-6-15(21)20(30)26-12/h4-5,7-10,12,15H,2-3,6H2,1H3,(H,26,30)(H,23,24,25). The molecule has 0 saturated carbocycles. The van der Waals surface area contributed by atoms with Gasteiger partial charge in [0.05, 0.1) is 23.0 Å². The van der Waals surface area contributed by atoms with Crippen LogP contribution in [0.3, 0.4) is 0 Å². The second kappa shape index (κ2) is 7.97. The number of hydrogen-bond acceptors (Lipinski definition) is 6. The molecule has 3 aromatic heterocycles. The van der Waals surface area contributed by atoms with Crippen molar-refractivity contribution in [1.82, 2.24) is 25.3 Å². The average molecular weight is 410 g/mol. The smallest absolute Gasteiger partial charge is 0.254 e. The molecule has 0 spiro atoms. The van der Waals surface area contributed by atoms with E-state index in [2.05, 4.69) is 25.3 Å². The van der Waals surface area contributed by atoms with Crippen molar-refractivity contribution in [3.63, 3.8) is 0 Å². The van der Waals surface area contributed by atoms with E-state index in [-0.39, 0.29) is 31.0 Å². The van der Waals surface area contributed by atoms with Crippen LogP contribution >= 0.6 is 0 Å². The molecule has 0 aliphatic carbocycles. The van der Waals surface area contributed by atoms with Crippen molar-refractivity contribution in [2.24, 2.45) is 0 Å². The number of H-pyrrole nitrogens is 1. The normalized spacial score (nSPS) is 18.4. The number of amides is 2. The van der Waals surface area contributed by atoms with Crippen LogP contribution in [0.5, 0.6) is 0 Å². The number of aromatic amines is 1. The van der Waals surface area contributed by atoms with E-state index in [1.165, 1.54) is 30.5 Å². The molecule has 0 bridgehead atoms. The molecule has 4 heterocycles. The van der Waals surface area contributed by atoms with E-state index in [9.17, 15) is 18.8 Å². The number of pyridine rings is 1. The maximum atomic E-state index is 13.5. The summed E-state index contributed by atoms with van der Waals surface area (Å²) in [5.74, 6) is -1.19. The Hall–Kier alpha value is -3.69. The minimum absolute atomic E-state index is 0.0320. The second-order valence-electron chi connectivity index (χ2n) is 7.08. The Balaban J connectivity index is 1.70. The lowest BCUT2D eigenvalue weighted by molar-refractivity contribution is -0.123. The Bertz CT molecular complexity index is 1130. The zero-order valence-corrected chi connectivity index (χ0v) is 16.1. The number of ketones is 1. The van der Waals surface area contributed by atoms with Crippen molar-refractivity contribution >= 4 is 40.0 Å². The third-order valence-electron chi connectivity index (χ3n) is 5.07. The number of alkyl halides is 1. The summed E-state index contributed by atoms with van der Waals surface area (Å²) in [6, 6.07) is 1.14. The Morgan fingerprint density at radius 1 is 1.27 bits per heavy atom. The first-order valence-electron chi connectivity index (χ1n) is 9.45. The highest BCUT2D eigenvalue weighted by atomic mass is 19.1. The molecule has 2 atom stereocenters. The number of nitrogens with one attached hydrogen (secondary N) is 2. The maximum Gasteiger partial charge on any atom is 0.254 e. The van der Waals surface area contributed by atoms with E-state index in [4.69, 9.17) is 0 Å². The highest BCUT2D eigenvalue weighted by molar-refractivity contribution is 6.11. The lowest BCUT2D eigenvalue weighted by Crippen LogP contribution is -2.31. The van der Waals surface area contributed by atoms with Crippen molar-refractivity contribution in [3.8, 4) is 0 Å². The fraction of sp³-hybridized carbons (Fsp3) is 0.300. The molecule has 2 N–H and O–H groups in total. The summed E-state index contributed by atoms with van der Waals surface area (Å²) in [5.41, 5.74) is 1.68. The number of aromatic nitrogens is 4. The Kier molecular flexibility index (Phi) is 5.21. The number of anilines is 2. The van der Waals surface area contributed by atoms with E-state index < -0.39 is 18.1 Å². The first-order chi connectivity index (χ1) is 14.5. The van der Waals surface area contributed by atoms with Gasteiger partial charge in [-0.25, -0.2) is 14.4 Å². The predicted molar refractivity (Wildman–Crippen MR) is 106 cm³/mol. The van der Waals surface area contributed by atoms with Gasteiger partial charge in [0.1, 0.15) is 12.0 Å². The molecule has 2 unspecified atom stereocenters. The largest absolute Gasteiger partial charge is 0.351 e. The lowest BCUT2D eigenvalue weighted by atomic mass is 10.1. The van der Waals surface area contributed by atoms with Crippen LogP contribution in [0.1, 0.15) is 36.5 Å². The monoisotopic (exact) mass is 410 g/mol. The number of carbonyl (C=O) groups excluding carboxylic acids is 3. The highest BCUT2D eigenvalue weighted by Gasteiger charge is 2.33. The molecule has 0 aromatic carbocycles. The van der Waals surface area contributed by atoms with Gasteiger partial charge in [-0.2, -0.15) is 0 Å². The van der Waals surface area contributed by atoms with Gasteiger partial charge in [0, 0.05) is 43.0 Å². The van der Waals surface area contributed by atoms with Crippen molar-refractivity contribution < 1.29 is 18.8 Å². The van der Waals surface area contributed by atoms with Gasteiger partial charge >= 0.3 is 0 Å². The molecule has 154 valence electrons. The zero-order valence-electron chi connectivity index (χ0n) is 16.1. The third kappa shape index (κ3) is 3.63. The first-order valence-corrected chi connectivity index (χ1v) is 9.45. The van der Waals surface area contributed by atoms with Crippen molar-refractivity contribution in [1.29, 1.82) is 0 Å². The van der Waals surface area contributed by atoms with E-state index >= 15 is 0 Å². The van der Waals surface area contributed by atoms with Crippen LogP contribution in [0.4, 0.5) is 15.8 Å². The summed E-state index contributed by atoms with van der Waals surface area (Å²) in [6.07, 6.45) is 6.30. The number of rotatable bonds is 6. The number of carbonyl (C=O) groups is 3. The van der Waals surface area contributed by atoms with Crippen LogP contribution in [0, 0.1) is 0 Å². The molecule has 1 saturated heterocycles. The van der Waals surface area contributed by atoms with Gasteiger partial charge in [0.15, 0.2) is 12.0 Å². The molecule has 10 heteroatoms. The molecular weight excluding hydrogens is 391 g/mol. The van der Waals surface area contributed by atoms with Crippen molar-refractivity contribution in [2.45, 2.75) is 38.4 Å². The van der Waals surface area contributed by atoms with Crippen molar-refractivity contribution in [2.75, 3.05) is 4.90 Å². The van der Waals surface area contributed by atoms with Gasteiger partial charge in [-0.1, -0.05) is 0 Å². The molecule has 9 nitrogen and oxygen atoms in total. The maximum absolute atomic E-state index is 13.5. The quantitative estimate of drug-likeness (QED) is 0.601. The SMILES string of the molecule is CC(=O)c1ccncc1N(C(=O)CCC1CC(F)C(=O)N1)c1c[nH]c2ncncc12. The van der Waals surface area contributed by atoms with E-state index in [0.717, 1.165) is 0 Å². The van der Waals surface area contributed by atoms with Crippen LogP contribution in [-0.4, -0.2) is 49.7 Å². The minimum Gasteiger partial charge on any atom is -0.351 e. The molecular formula is C20H19FN6O3. The summed E-state index contributed by atoms with van der Waals surface area (Å²) >= 11 is 0. The number of hydrogen-bond donors (Lipinski definition) is 2. The van der Waals surface area contributed by atoms with Gasteiger partial charge in [-0.3, -0.25) is 24.3 Å². The van der Waals surface area contributed by atoms with Gasteiger partial charge in [-0.05, 0) is 19.4 Å². The summed E-state index contributed by atoms with van der Waals surface area (Å²) < 4.78 is 13.5. The third-order valence-corrected chi connectivity index (χ3v) is 5.07. The zero-order chi connectivity index (χ0) is 21.3. The number of nitrogens with zero attached hydrogens (tertiary/aromatic N) is 4. The number of Topliss-reactive ketones (excluding diaryl/α,β-unsaturated/α-hetero) is 1. The minimum atomic E-state index is -1.55. The summed E-state index contributed by atoms with van der Waals surface area (Å²) in [4.78, 5) is 53.5. The Morgan fingerprint density at radius 2 is 2.10 bits per heavy atom. The molecule has 1 fully saturated rings. The van der Waals surface area contributed by atoms with Gasteiger partial charge < -0.3 is 10.3 Å². The fourth-order valence-corrected chi connectivity index (χ4v) is 3.60. The molecule has 0 radical (unpaired) electrons. The van der Waals surface area contributed by atoms with E-state index in [1.54, 1.807) is 18.5 Å². The highest BCUT2D eigenvalue weighted by Crippen LogP contribution is 2.34. The van der Waals surface area contributed by atoms with Crippen LogP contribution in [0.15, 0.2) is 37.2 Å². The predicted octanol–water partition coefficient (Wildman–Crippen LogP) is 2.23. The average Bonchev–Trinajstić information content (AvgIpc) is 3.30. The van der Waals surface area contributed by atoms with Crippen LogP contribution in [0.25, 0.3) is 11.0 Å². The topological polar surface area (TPSA) is 121 Å². The van der Waals surface area contributed by atoms with Gasteiger partial charge in [0.25, 0.3) is 5.91 Å². The number of fused-ring (bicyclic) bond motifs is 1. The second-order valence-corrected chi connectivity index (χ2v) is 7.08. The van der Waals surface area contributed by atoms with Crippen LogP contribution in [0.2, 0.25) is 0 Å². The van der Waals surface area contributed by atoms with Gasteiger partial charge in [0.2, 0.25) is 5.91 Å². The first kappa shape index (κ1) is 19.6. The summed E-state index contributed by atoms with van der Waals surface area (Å²) in [5, 5.41) is 3.15. The summed E-state index contributed by atoms with van der Waals surface area (Å²) in [7, 11) is 0. The van der Waals surface area contributed by atoms with E-state index in [0.29, 0.717) is 28.0 Å². The fourth-order valence-electron chi connectivity index (χ4n) is 3.60. The molecule has 3 aromatic rings. The Labute approximate surface area is 170 Å². The van der Waals surface area contributed by atoms with E-state index in [1.807, 2.05) is 0 Å². The summed E-state index contributed by atoms with van der Waals surface area (Å²) in [6.45, 7) is 1.41. The molecule has 1 aliphatic heterocycles. The van der Waals surface area contributed by atoms with Crippen LogP contribution in [-0.2, 0) is 9.59 Å². The Morgan fingerprint density at radius 3 is 2.83 bits per heavy atom. The molecule has 2 amide bonds. The van der Waals surface area contributed by atoms with Gasteiger partial charge in [-0.15, -0.1) is 0 Å². The van der Waals surface area contributed by atoms with Crippen molar-refractivity contribution in [3.05, 3.63) is 42.7 Å². The van der Waals surface area contributed by atoms with Crippen LogP contribution < -0.4 is 10.2 Å². The lowest BCUT2D eigenvalue weighted by Gasteiger charge is -2.24. The molecule has 30 heavy (non-hydrogen) atoms. The number of halogens is 1. The molecule has 1 aliphatic rings.